The summed E-state index contributed by atoms with van der Waals surface area (Å²) in [6.45, 7) is 2.47. The van der Waals surface area contributed by atoms with Gasteiger partial charge in [0, 0.05) is 0 Å². The van der Waals surface area contributed by atoms with E-state index in [-0.39, 0.29) is 11.8 Å². The van der Waals surface area contributed by atoms with E-state index < -0.39 is 0 Å². The molecule has 2 rings (SSSR count). The minimum Gasteiger partial charge on any atom is -0.508 e. The summed E-state index contributed by atoms with van der Waals surface area (Å²) in [5.41, 5.74) is 2.30. The van der Waals surface area contributed by atoms with Gasteiger partial charge in [-0.15, -0.1) is 5.92 Å². The molecule has 2 heteroatoms. The van der Waals surface area contributed by atoms with Crippen LogP contribution in [0.2, 0.25) is 0 Å². The smallest absolute Gasteiger partial charge is 0.115 e. The van der Waals surface area contributed by atoms with Crippen LogP contribution in [0.3, 0.4) is 0 Å². The molecule has 0 amide bonds. The third-order valence-corrected chi connectivity index (χ3v) is 2.93. The van der Waals surface area contributed by atoms with Crippen molar-refractivity contribution in [1.29, 1.82) is 0 Å². The summed E-state index contributed by atoms with van der Waals surface area (Å²) < 4.78 is 0. The van der Waals surface area contributed by atoms with Crippen molar-refractivity contribution >= 4 is 0 Å². The molecule has 0 radical (unpaired) electrons. The molecule has 1 unspecified atom stereocenters. The van der Waals surface area contributed by atoms with Gasteiger partial charge in [-0.3, -0.25) is 5.32 Å². The first kappa shape index (κ1) is 13.2. The molecule has 0 heterocycles. The number of phenolic OH excluding ortho intramolecular Hbond substituents is 1. The summed E-state index contributed by atoms with van der Waals surface area (Å²) in [5.74, 6) is 6.18. The van der Waals surface area contributed by atoms with Crippen LogP contribution in [0.1, 0.15) is 24.1 Å². The van der Waals surface area contributed by atoms with Crippen LogP contribution in [0, 0.1) is 11.8 Å². The Hall–Kier alpha value is -2.24. The molecule has 2 aromatic carbocycles. The quantitative estimate of drug-likeness (QED) is 0.818. The van der Waals surface area contributed by atoms with Gasteiger partial charge < -0.3 is 5.11 Å². The van der Waals surface area contributed by atoms with E-state index in [0.29, 0.717) is 6.54 Å². The average molecular weight is 251 g/mol. The molecular formula is C17H17NO. The fraction of sp³-hybridized carbons (Fsp3) is 0.176. The summed E-state index contributed by atoms with van der Waals surface area (Å²) in [4.78, 5) is 0. The Bertz CT molecular complexity index is 564. The fourth-order valence-corrected chi connectivity index (χ4v) is 1.98. The van der Waals surface area contributed by atoms with Gasteiger partial charge >= 0.3 is 0 Å². The highest BCUT2D eigenvalue weighted by atomic mass is 16.3. The minimum atomic E-state index is 0.0858. The third kappa shape index (κ3) is 3.61. The third-order valence-electron chi connectivity index (χ3n) is 2.93. The van der Waals surface area contributed by atoms with Gasteiger partial charge in [0.05, 0.1) is 12.6 Å². The highest BCUT2D eigenvalue weighted by Crippen LogP contribution is 2.23. The Morgan fingerprint density at radius 2 is 1.63 bits per heavy atom. The van der Waals surface area contributed by atoms with E-state index in [9.17, 15) is 5.11 Å². The second-order valence-corrected chi connectivity index (χ2v) is 4.24. The monoisotopic (exact) mass is 251 g/mol. The summed E-state index contributed by atoms with van der Waals surface area (Å²) in [7, 11) is 0. The molecule has 0 fully saturated rings. The standard InChI is InChI=1S/C17H17NO/c1-2-3-13-18-17(14-7-5-4-6-8-14)15-9-11-16(19)12-10-15/h4-12,17-19H,13H2,1H3. The molecular weight excluding hydrogens is 234 g/mol. The van der Waals surface area contributed by atoms with Crippen molar-refractivity contribution in [2.75, 3.05) is 6.54 Å². The molecule has 2 N–H and O–H groups in total. The van der Waals surface area contributed by atoms with Crippen molar-refractivity contribution in [3.63, 3.8) is 0 Å². The van der Waals surface area contributed by atoms with Crippen LogP contribution in [0.5, 0.6) is 5.75 Å². The molecule has 2 aromatic rings. The maximum Gasteiger partial charge on any atom is 0.115 e. The zero-order chi connectivity index (χ0) is 13.5. The van der Waals surface area contributed by atoms with Crippen molar-refractivity contribution in [3.05, 3.63) is 65.7 Å². The second kappa shape index (κ2) is 6.63. The van der Waals surface area contributed by atoms with Crippen LogP contribution in [-0.4, -0.2) is 11.7 Å². The predicted molar refractivity (Wildman–Crippen MR) is 77.8 cm³/mol. The van der Waals surface area contributed by atoms with Crippen LogP contribution in [-0.2, 0) is 0 Å². The molecule has 0 saturated carbocycles. The lowest BCUT2D eigenvalue weighted by Crippen LogP contribution is -2.22. The lowest BCUT2D eigenvalue weighted by molar-refractivity contribution is 0.474. The highest BCUT2D eigenvalue weighted by molar-refractivity contribution is 5.35. The summed E-state index contributed by atoms with van der Waals surface area (Å²) >= 11 is 0. The Morgan fingerprint density at radius 1 is 1.00 bits per heavy atom. The van der Waals surface area contributed by atoms with E-state index in [1.165, 1.54) is 5.56 Å². The maximum atomic E-state index is 9.38. The van der Waals surface area contributed by atoms with Crippen molar-refractivity contribution in [2.24, 2.45) is 0 Å². The summed E-state index contributed by atoms with van der Waals surface area (Å²) in [5, 5.41) is 12.8. The normalized spacial score (nSPS) is 11.4. The molecule has 0 saturated heterocycles. The van der Waals surface area contributed by atoms with Gasteiger partial charge in [0.1, 0.15) is 5.75 Å². The Kier molecular flexibility index (Phi) is 4.60. The topological polar surface area (TPSA) is 32.3 Å². The molecule has 96 valence electrons. The van der Waals surface area contributed by atoms with Crippen LogP contribution in [0.25, 0.3) is 0 Å². The van der Waals surface area contributed by atoms with Gasteiger partial charge in [-0.05, 0) is 30.2 Å². The van der Waals surface area contributed by atoms with Crippen LogP contribution >= 0.6 is 0 Å². The predicted octanol–water partition coefficient (Wildman–Crippen LogP) is 3.09. The highest BCUT2D eigenvalue weighted by Gasteiger charge is 2.12. The van der Waals surface area contributed by atoms with Crippen molar-refractivity contribution in [1.82, 2.24) is 5.32 Å². The molecule has 19 heavy (non-hydrogen) atoms. The van der Waals surface area contributed by atoms with Crippen LogP contribution in [0.4, 0.5) is 0 Å². The Morgan fingerprint density at radius 3 is 2.26 bits per heavy atom. The van der Waals surface area contributed by atoms with Gasteiger partial charge in [0.2, 0.25) is 0 Å². The number of nitrogens with one attached hydrogen (secondary N) is 1. The van der Waals surface area contributed by atoms with Gasteiger partial charge in [-0.2, -0.15) is 0 Å². The first-order chi connectivity index (χ1) is 9.31. The number of phenols is 1. The van der Waals surface area contributed by atoms with Crippen LogP contribution < -0.4 is 5.32 Å². The minimum absolute atomic E-state index is 0.0858. The number of rotatable bonds is 4. The molecule has 0 aliphatic rings. The second-order valence-electron chi connectivity index (χ2n) is 4.24. The van der Waals surface area contributed by atoms with E-state index in [1.54, 1.807) is 12.1 Å². The molecule has 1 atom stereocenters. The van der Waals surface area contributed by atoms with Crippen molar-refractivity contribution < 1.29 is 5.11 Å². The van der Waals surface area contributed by atoms with E-state index in [4.69, 9.17) is 0 Å². The van der Waals surface area contributed by atoms with Crippen LogP contribution in [0.15, 0.2) is 54.6 Å². The van der Waals surface area contributed by atoms with E-state index in [1.807, 2.05) is 37.3 Å². The van der Waals surface area contributed by atoms with Gasteiger partial charge in [-0.25, -0.2) is 0 Å². The first-order valence-electron chi connectivity index (χ1n) is 6.28. The molecule has 0 bridgehead atoms. The Balaban J connectivity index is 2.27. The molecule has 0 spiro atoms. The first-order valence-corrected chi connectivity index (χ1v) is 6.28. The van der Waals surface area contributed by atoms with E-state index in [2.05, 4.69) is 29.3 Å². The fourth-order valence-electron chi connectivity index (χ4n) is 1.98. The van der Waals surface area contributed by atoms with Crippen molar-refractivity contribution in [3.8, 4) is 17.6 Å². The molecule has 2 nitrogen and oxygen atoms in total. The van der Waals surface area contributed by atoms with Gasteiger partial charge in [0.25, 0.3) is 0 Å². The van der Waals surface area contributed by atoms with Crippen molar-refractivity contribution in [2.45, 2.75) is 13.0 Å². The molecule has 0 aliphatic carbocycles. The number of hydrogen-bond acceptors (Lipinski definition) is 2. The molecule has 0 aromatic heterocycles. The zero-order valence-electron chi connectivity index (χ0n) is 10.9. The van der Waals surface area contributed by atoms with Gasteiger partial charge in [0.15, 0.2) is 0 Å². The lowest BCUT2D eigenvalue weighted by atomic mass is 9.98. The lowest BCUT2D eigenvalue weighted by Gasteiger charge is -2.18. The molecule has 0 aliphatic heterocycles. The average Bonchev–Trinajstić information content (AvgIpc) is 2.46. The maximum absolute atomic E-state index is 9.38. The number of benzene rings is 2. The Labute approximate surface area is 114 Å². The SMILES string of the molecule is CC#CCNC(c1ccccc1)c1ccc(O)cc1. The van der Waals surface area contributed by atoms with E-state index >= 15 is 0 Å². The van der Waals surface area contributed by atoms with E-state index in [0.717, 1.165) is 5.56 Å². The number of aromatic hydroxyl groups is 1. The largest absolute Gasteiger partial charge is 0.508 e. The summed E-state index contributed by atoms with van der Waals surface area (Å²) in [6.07, 6.45) is 0. The summed E-state index contributed by atoms with van der Waals surface area (Å²) in [6, 6.07) is 17.6. The zero-order valence-corrected chi connectivity index (χ0v) is 10.9. The van der Waals surface area contributed by atoms with Gasteiger partial charge in [-0.1, -0.05) is 48.4 Å². The number of hydrogen-bond donors (Lipinski definition) is 2.